The molecule has 68 valence electrons. The maximum atomic E-state index is 11.0. The lowest BCUT2D eigenvalue weighted by Crippen LogP contribution is -2.37. The number of carbonyl (C=O) groups is 2. The van der Waals surface area contributed by atoms with E-state index in [4.69, 9.17) is 5.11 Å². The Hall–Kier alpha value is -1.26. The normalized spacial score (nSPS) is 26.2. The van der Waals surface area contributed by atoms with E-state index in [9.17, 15) is 9.59 Å². The van der Waals surface area contributed by atoms with Crippen LogP contribution in [0.2, 0.25) is 0 Å². The third kappa shape index (κ3) is 1.49. The molecule has 2 atom stereocenters. The van der Waals surface area contributed by atoms with E-state index in [2.05, 4.69) is 5.32 Å². The fourth-order valence-corrected chi connectivity index (χ4v) is 1.20. The molecule has 0 aliphatic heterocycles. The zero-order valence-electron chi connectivity index (χ0n) is 7.07. The zero-order chi connectivity index (χ0) is 9.30. The Bertz CT molecular complexity index is 217. The van der Waals surface area contributed by atoms with Crippen LogP contribution in [-0.2, 0) is 4.79 Å². The maximum absolute atomic E-state index is 11.0. The molecule has 0 unspecified atom stereocenters. The highest BCUT2D eigenvalue weighted by Crippen LogP contribution is 2.34. The van der Waals surface area contributed by atoms with E-state index in [0.717, 1.165) is 0 Å². The molecule has 0 aromatic rings. The highest BCUT2D eigenvalue weighted by atomic mass is 16.4. The van der Waals surface area contributed by atoms with Gasteiger partial charge in [0.1, 0.15) is 0 Å². The smallest absolute Gasteiger partial charge is 0.317 e. The Morgan fingerprint density at radius 2 is 2.17 bits per heavy atom. The molecule has 0 bridgehead atoms. The molecule has 2 N–H and O–H groups in total. The molecule has 1 aliphatic carbocycles. The van der Waals surface area contributed by atoms with Crippen LogP contribution in [0.5, 0.6) is 0 Å². The van der Waals surface area contributed by atoms with Gasteiger partial charge < -0.3 is 15.3 Å². The maximum Gasteiger partial charge on any atom is 0.317 e. The van der Waals surface area contributed by atoms with Crippen LogP contribution < -0.4 is 5.32 Å². The molecule has 0 heterocycles. The first-order valence-electron chi connectivity index (χ1n) is 3.75. The first kappa shape index (κ1) is 8.83. The standard InChI is InChI=1S/C7H12N2O3/c1-8-7(12)9(2)5-3-4(5)6(10)11/h4-5H,3H2,1-2H3,(H,8,12)(H,10,11)/t4-,5+/m1/s1. The molecule has 1 fully saturated rings. The van der Waals surface area contributed by atoms with E-state index in [1.54, 1.807) is 7.05 Å². The predicted molar refractivity (Wildman–Crippen MR) is 41.7 cm³/mol. The number of hydrogen-bond donors (Lipinski definition) is 2. The van der Waals surface area contributed by atoms with Crippen molar-refractivity contribution >= 4 is 12.0 Å². The number of aliphatic carboxylic acids is 1. The third-order valence-corrected chi connectivity index (χ3v) is 2.11. The van der Waals surface area contributed by atoms with Gasteiger partial charge in [0.05, 0.1) is 5.92 Å². The number of urea groups is 1. The number of nitrogens with one attached hydrogen (secondary N) is 1. The monoisotopic (exact) mass is 172 g/mol. The van der Waals surface area contributed by atoms with E-state index in [0.29, 0.717) is 6.42 Å². The van der Waals surface area contributed by atoms with Crippen molar-refractivity contribution in [1.82, 2.24) is 10.2 Å². The molecular formula is C7H12N2O3. The van der Waals surface area contributed by atoms with Gasteiger partial charge in [0.25, 0.3) is 0 Å². The third-order valence-electron chi connectivity index (χ3n) is 2.11. The molecule has 0 spiro atoms. The summed E-state index contributed by atoms with van der Waals surface area (Å²) < 4.78 is 0. The molecule has 1 saturated carbocycles. The van der Waals surface area contributed by atoms with Crippen molar-refractivity contribution in [1.29, 1.82) is 0 Å². The number of carboxylic acid groups (broad SMARTS) is 1. The molecule has 5 nitrogen and oxygen atoms in total. The fourth-order valence-electron chi connectivity index (χ4n) is 1.20. The molecule has 0 saturated heterocycles. The van der Waals surface area contributed by atoms with Crippen LogP contribution in [0.4, 0.5) is 4.79 Å². The highest BCUT2D eigenvalue weighted by molar-refractivity contribution is 5.79. The molecule has 5 heteroatoms. The molecule has 1 aliphatic rings. The van der Waals surface area contributed by atoms with E-state index in [1.807, 2.05) is 0 Å². The van der Waals surface area contributed by atoms with Crippen molar-refractivity contribution in [3.05, 3.63) is 0 Å². The summed E-state index contributed by atoms with van der Waals surface area (Å²) in [6.45, 7) is 0. The summed E-state index contributed by atoms with van der Waals surface area (Å²) in [7, 11) is 3.13. The lowest BCUT2D eigenvalue weighted by atomic mass is 10.4. The van der Waals surface area contributed by atoms with Crippen LogP contribution in [0.1, 0.15) is 6.42 Å². The number of carbonyl (C=O) groups excluding carboxylic acids is 1. The molecule has 2 amide bonds. The van der Waals surface area contributed by atoms with Gasteiger partial charge in [-0.05, 0) is 6.42 Å². The zero-order valence-corrected chi connectivity index (χ0v) is 7.07. The molecule has 1 rings (SSSR count). The van der Waals surface area contributed by atoms with Crippen molar-refractivity contribution in [2.75, 3.05) is 14.1 Å². The van der Waals surface area contributed by atoms with Gasteiger partial charge in [-0.1, -0.05) is 0 Å². The summed E-state index contributed by atoms with van der Waals surface area (Å²) >= 11 is 0. The Balaban J connectivity index is 2.43. The van der Waals surface area contributed by atoms with Crippen LogP contribution in [0.25, 0.3) is 0 Å². The van der Waals surface area contributed by atoms with Gasteiger partial charge in [0, 0.05) is 20.1 Å². The van der Waals surface area contributed by atoms with Gasteiger partial charge in [-0.25, -0.2) is 4.79 Å². The summed E-state index contributed by atoms with van der Waals surface area (Å²) in [5, 5.41) is 11.0. The lowest BCUT2D eigenvalue weighted by molar-refractivity contribution is -0.138. The van der Waals surface area contributed by atoms with Crippen LogP contribution in [-0.4, -0.2) is 42.1 Å². The second-order valence-corrected chi connectivity index (χ2v) is 2.91. The molecular weight excluding hydrogens is 160 g/mol. The topological polar surface area (TPSA) is 69.6 Å². The Labute approximate surface area is 70.4 Å². The highest BCUT2D eigenvalue weighted by Gasteiger charge is 2.47. The van der Waals surface area contributed by atoms with Gasteiger partial charge in [0.15, 0.2) is 0 Å². The number of hydrogen-bond acceptors (Lipinski definition) is 2. The van der Waals surface area contributed by atoms with Crippen molar-refractivity contribution in [2.24, 2.45) is 5.92 Å². The van der Waals surface area contributed by atoms with Crippen molar-refractivity contribution in [2.45, 2.75) is 12.5 Å². The van der Waals surface area contributed by atoms with Gasteiger partial charge in [-0.2, -0.15) is 0 Å². The second kappa shape index (κ2) is 3.00. The SMILES string of the molecule is CNC(=O)N(C)[C@H]1C[C@H]1C(=O)O. The molecule has 0 aromatic carbocycles. The van der Waals surface area contributed by atoms with E-state index in [-0.39, 0.29) is 18.0 Å². The van der Waals surface area contributed by atoms with E-state index in [1.165, 1.54) is 11.9 Å². The van der Waals surface area contributed by atoms with Gasteiger partial charge >= 0.3 is 12.0 Å². The molecule has 0 radical (unpaired) electrons. The minimum absolute atomic E-state index is 0.123. The lowest BCUT2D eigenvalue weighted by Gasteiger charge is -2.15. The summed E-state index contributed by atoms with van der Waals surface area (Å²) in [5.41, 5.74) is 0. The van der Waals surface area contributed by atoms with E-state index < -0.39 is 5.97 Å². The number of amides is 2. The quantitative estimate of drug-likeness (QED) is 0.602. The van der Waals surface area contributed by atoms with Crippen molar-refractivity contribution < 1.29 is 14.7 Å². The van der Waals surface area contributed by atoms with Crippen LogP contribution in [0.3, 0.4) is 0 Å². The largest absolute Gasteiger partial charge is 0.481 e. The molecule has 0 aromatic heterocycles. The van der Waals surface area contributed by atoms with Gasteiger partial charge in [0.2, 0.25) is 0 Å². The second-order valence-electron chi connectivity index (χ2n) is 2.91. The number of rotatable bonds is 2. The van der Waals surface area contributed by atoms with Crippen molar-refractivity contribution in [3.8, 4) is 0 Å². The molecule has 12 heavy (non-hydrogen) atoms. The fraction of sp³-hybridized carbons (Fsp3) is 0.714. The van der Waals surface area contributed by atoms with Crippen molar-refractivity contribution in [3.63, 3.8) is 0 Å². The Morgan fingerprint density at radius 3 is 2.50 bits per heavy atom. The average Bonchev–Trinajstić information content (AvgIpc) is 2.80. The number of nitrogens with zero attached hydrogens (tertiary/aromatic N) is 1. The summed E-state index contributed by atoms with van der Waals surface area (Å²) in [6.07, 6.45) is 0.569. The summed E-state index contributed by atoms with van der Waals surface area (Å²) in [6, 6.07) is -0.355. The minimum atomic E-state index is -0.823. The Kier molecular flexibility index (Phi) is 2.21. The minimum Gasteiger partial charge on any atom is -0.481 e. The first-order valence-corrected chi connectivity index (χ1v) is 3.75. The van der Waals surface area contributed by atoms with E-state index >= 15 is 0 Å². The predicted octanol–water partition coefficient (Wildman–Crippen LogP) is -0.269. The van der Waals surface area contributed by atoms with Gasteiger partial charge in [-0.3, -0.25) is 4.79 Å². The summed E-state index contributed by atoms with van der Waals surface area (Å²) in [5.74, 6) is -1.19. The number of carboxylic acids is 1. The van der Waals surface area contributed by atoms with Crippen LogP contribution in [0, 0.1) is 5.92 Å². The summed E-state index contributed by atoms with van der Waals surface area (Å²) in [4.78, 5) is 22.8. The average molecular weight is 172 g/mol. The van der Waals surface area contributed by atoms with Crippen LogP contribution >= 0.6 is 0 Å². The first-order chi connectivity index (χ1) is 5.57. The van der Waals surface area contributed by atoms with Gasteiger partial charge in [-0.15, -0.1) is 0 Å². The van der Waals surface area contributed by atoms with Crippen LogP contribution in [0.15, 0.2) is 0 Å². The Morgan fingerprint density at radius 1 is 1.58 bits per heavy atom.